The second kappa shape index (κ2) is 10.5. The highest BCUT2D eigenvalue weighted by atomic mass is 16.5. The van der Waals surface area contributed by atoms with Crippen molar-refractivity contribution in [3.05, 3.63) is 0 Å². The molecule has 0 aliphatic rings. The summed E-state index contributed by atoms with van der Waals surface area (Å²) in [4.78, 5) is 13.7. The minimum absolute atomic E-state index is 0.0831. The number of hydrogen-bond donors (Lipinski definition) is 2. The monoisotopic (exact) mass is 245 g/mol. The maximum atomic E-state index is 11.7. The lowest BCUT2D eigenvalue weighted by atomic mass is 10.2. The van der Waals surface area contributed by atoms with E-state index in [4.69, 9.17) is 10.5 Å². The third-order valence-corrected chi connectivity index (χ3v) is 2.72. The molecule has 0 spiro atoms. The lowest BCUT2D eigenvalue weighted by Crippen LogP contribution is -2.44. The highest BCUT2D eigenvalue weighted by molar-refractivity contribution is 5.81. The van der Waals surface area contributed by atoms with Crippen molar-refractivity contribution in [3.63, 3.8) is 0 Å². The number of rotatable bonds is 10. The van der Waals surface area contributed by atoms with Gasteiger partial charge in [-0.1, -0.05) is 13.3 Å². The predicted octanol–water partition coefficient (Wildman–Crippen LogP) is 0.198. The molecule has 5 heteroatoms. The second-order valence-corrected chi connectivity index (χ2v) is 4.20. The molecule has 3 N–H and O–H groups in total. The van der Waals surface area contributed by atoms with Crippen molar-refractivity contribution in [2.45, 2.75) is 32.7 Å². The van der Waals surface area contributed by atoms with Crippen LogP contribution in [0.25, 0.3) is 0 Å². The van der Waals surface area contributed by atoms with Gasteiger partial charge < -0.3 is 15.8 Å². The molecule has 5 nitrogen and oxygen atoms in total. The Morgan fingerprint density at radius 2 is 2.18 bits per heavy atom. The topological polar surface area (TPSA) is 67.6 Å². The molecule has 0 aliphatic heterocycles. The highest BCUT2D eigenvalue weighted by Crippen LogP contribution is 1.96. The van der Waals surface area contributed by atoms with Crippen molar-refractivity contribution in [3.8, 4) is 0 Å². The molecule has 0 heterocycles. The van der Waals surface area contributed by atoms with Gasteiger partial charge in [-0.05, 0) is 20.4 Å². The molecule has 0 saturated carbocycles. The van der Waals surface area contributed by atoms with E-state index < -0.39 is 0 Å². The zero-order valence-electron chi connectivity index (χ0n) is 11.4. The number of nitrogens with one attached hydrogen (secondary N) is 1. The van der Waals surface area contributed by atoms with E-state index in [1.807, 2.05) is 18.9 Å². The standard InChI is InChI=1S/C12H27N3O2/c1-4-5-7-14-12(16)11(2)15(3)8-10-17-9-6-13/h11H,4-10,13H2,1-3H3,(H,14,16). The molecular weight excluding hydrogens is 218 g/mol. The molecule has 0 aromatic carbocycles. The number of hydrogen-bond acceptors (Lipinski definition) is 4. The van der Waals surface area contributed by atoms with E-state index in [-0.39, 0.29) is 11.9 Å². The Morgan fingerprint density at radius 3 is 2.76 bits per heavy atom. The number of amides is 1. The summed E-state index contributed by atoms with van der Waals surface area (Å²) >= 11 is 0. The second-order valence-electron chi connectivity index (χ2n) is 4.20. The van der Waals surface area contributed by atoms with Gasteiger partial charge in [0, 0.05) is 19.6 Å². The van der Waals surface area contributed by atoms with Crippen molar-refractivity contribution in [1.82, 2.24) is 10.2 Å². The lowest BCUT2D eigenvalue weighted by Gasteiger charge is -2.23. The number of carbonyl (C=O) groups is 1. The SMILES string of the molecule is CCCCNC(=O)C(C)N(C)CCOCCN. The van der Waals surface area contributed by atoms with E-state index in [0.29, 0.717) is 19.8 Å². The first-order chi connectivity index (χ1) is 8.13. The summed E-state index contributed by atoms with van der Waals surface area (Å²) in [5.74, 6) is 0.0831. The zero-order valence-corrected chi connectivity index (χ0v) is 11.4. The minimum Gasteiger partial charge on any atom is -0.379 e. The maximum Gasteiger partial charge on any atom is 0.237 e. The van der Waals surface area contributed by atoms with Crippen LogP contribution in [-0.2, 0) is 9.53 Å². The van der Waals surface area contributed by atoms with Crippen molar-refractivity contribution < 1.29 is 9.53 Å². The summed E-state index contributed by atoms with van der Waals surface area (Å²) in [6.07, 6.45) is 2.12. The maximum absolute atomic E-state index is 11.7. The Kier molecular flexibility index (Phi) is 10.1. The smallest absolute Gasteiger partial charge is 0.237 e. The number of nitrogens with zero attached hydrogens (tertiary/aromatic N) is 1. The molecule has 0 aromatic heterocycles. The fourth-order valence-corrected chi connectivity index (χ4v) is 1.32. The Balaban J connectivity index is 3.70. The summed E-state index contributed by atoms with van der Waals surface area (Å²) < 4.78 is 5.28. The van der Waals surface area contributed by atoms with Gasteiger partial charge in [0.15, 0.2) is 0 Å². The van der Waals surface area contributed by atoms with Crippen LogP contribution in [0.1, 0.15) is 26.7 Å². The van der Waals surface area contributed by atoms with E-state index in [0.717, 1.165) is 25.9 Å². The van der Waals surface area contributed by atoms with Gasteiger partial charge in [-0.3, -0.25) is 9.69 Å². The molecule has 0 fully saturated rings. The van der Waals surface area contributed by atoms with Crippen molar-refractivity contribution in [2.75, 3.05) is 39.9 Å². The number of ether oxygens (including phenoxy) is 1. The van der Waals surface area contributed by atoms with Crippen LogP contribution >= 0.6 is 0 Å². The van der Waals surface area contributed by atoms with Gasteiger partial charge in [-0.2, -0.15) is 0 Å². The van der Waals surface area contributed by atoms with Crippen molar-refractivity contribution in [1.29, 1.82) is 0 Å². The first kappa shape index (κ1) is 16.4. The molecule has 102 valence electrons. The number of likely N-dealkylation sites (N-methyl/N-ethyl adjacent to an activating group) is 1. The third kappa shape index (κ3) is 8.12. The van der Waals surface area contributed by atoms with E-state index in [1.54, 1.807) is 0 Å². The van der Waals surface area contributed by atoms with Crippen molar-refractivity contribution in [2.24, 2.45) is 5.73 Å². The molecule has 0 radical (unpaired) electrons. The fourth-order valence-electron chi connectivity index (χ4n) is 1.32. The average molecular weight is 245 g/mol. The van der Waals surface area contributed by atoms with Gasteiger partial charge in [0.1, 0.15) is 0 Å². The first-order valence-corrected chi connectivity index (χ1v) is 6.39. The Morgan fingerprint density at radius 1 is 1.47 bits per heavy atom. The van der Waals surface area contributed by atoms with Crippen LogP contribution in [-0.4, -0.2) is 56.7 Å². The first-order valence-electron chi connectivity index (χ1n) is 6.39. The average Bonchev–Trinajstić information content (AvgIpc) is 2.33. The van der Waals surface area contributed by atoms with Gasteiger partial charge in [0.25, 0.3) is 0 Å². The molecule has 0 saturated heterocycles. The van der Waals surface area contributed by atoms with Crippen LogP contribution in [0.15, 0.2) is 0 Å². The van der Waals surface area contributed by atoms with E-state index >= 15 is 0 Å². The lowest BCUT2D eigenvalue weighted by molar-refractivity contribution is -0.125. The number of carbonyl (C=O) groups excluding carboxylic acids is 1. The molecule has 0 bridgehead atoms. The van der Waals surface area contributed by atoms with Crippen LogP contribution in [0, 0.1) is 0 Å². The fraction of sp³-hybridized carbons (Fsp3) is 0.917. The molecule has 0 rings (SSSR count). The van der Waals surface area contributed by atoms with Gasteiger partial charge in [-0.15, -0.1) is 0 Å². The minimum atomic E-state index is -0.117. The summed E-state index contributed by atoms with van der Waals surface area (Å²) in [5, 5.41) is 2.92. The molecule has 0 aromatic rings. The Labute approximate surface area is 105 Å². The van der Waals surface area contributed by atoms with Gasteiger partial charge in [0.05, 0.1) is 19.3 Å². The summed E-state index contributed by atoms with van der Waals surface area (Å²) in [7, 11) is 1.93. The number of unbranched alkanes of at least 4 members (excludes halogenated alkanes) is 1. The van der Waals surface area contributed by atoms with Crippen LogP contribution < -0.4 is 11.1 Å². The largest absolute Gasteiger partial charge is 0.379 e. The van der Waals surface area contributed by atoms with E-state index in [9.17, 15) is 4.79 Å². The number of nitrogens with two attached hydrogens (primary N) is 1. The van der Waals surface area contributed by atoms with Gasteiger partial charge in [0.2, 0.25) is 5.91 Å². The normalized spacial score (nSPS) is 12.8. The van der Waals surface area contributed by atoms with E-state index in [2.05, 4.69) is 12.2 Å². The van der Waals surface area contributed by atoms with E-state index in [1.165, 1.54) is 0 Å². The predicted molar refractivity (Wildman–Crippen MR) is 69.9 cm³/mol. The quantitative estimate of drug-likeness (QED) is 0.540. The van der Waals surface area contributed by atoms with Crippen LogP contribution in [0.5, 0.6) is 0 Å². The third-order valence-electron chi connectivity index (χ3n) is 2.72. The molecule has 1 atom stereocenters. The molecule has 0 aliphatic carbocycles. The van der Waals surface area contributed by atoms with Crippen LogP contribution in [0.2, 0.25) is 0 Å². The Bertz CT molecular complexity index is 200. The van der Waals surface area contributed by atoms with Gasteiger partial charge >= 0.3 is 0 Å². The van der Waals surface area contributed by atoms with Gasteiger partial charge in [-0.25, -0.2) is 0 Å². The van der Waals surface area contributed by atoms with Crippen molar-refractivity contribution >= 4 is 5.91 Å². The van der Waals surface area contributed by atoms with Crippen LogP contribution in [0.3, 0.4) is 0 Å². The molecule has 17 heavy (non-hydrogen) atoms. The highest BCUT2D eigenvalue weighted by Gasteiger charge is 2.16. The Hall–Kier alpha value is -0.650. The molecule has 1 unspecified atom stereocenters. The molecular formula is C12H27N3O2. The summed E-state index contributed by atoms with van der Waals surface area (Å²) in [6.45, 7) is 7.24. The zero-order chi connectivity index (χ0) is 13.1. The molecule has 1 amide bonds. The summed E-state index contributed by atoms with van der Waals surface area (Å²) in [5.41, 5.74) is 5.32. The summed E-state index contributed by atoms with van der Waals surface area (Å²) in [6, 6.07) is -0.117. The van der Waals surface area contributed by atoms with Crippen LogP contribution in [0.4, 0.5) is 0 Å².